The van der Waals surface area contributed by atoms with E-state index in [0.29, 0.717) is 5.69 Å². The van der Waals surface area contributed by atoms with E-state index in [1.807, 2.05) is 0 Å². The predicted octanol–water partition coefficient (Wildman–Crippen LogP) is 0.602. The first kappa shape index (κ1) is 9.06. The van der Waals surface area contributed by atoms with Crippen LogP contribution in [0.25, 0.3) is 0 Å². The molecule has 0 spiro atoms. The Morgan fingerprint density at radius 2 is 2.17 bits per heavy atom. The molecule has 1 unspecified atom stereocenters. The van der Waals surface area contributed by atoms with Crippen LogP contribution in [0.1, 0.15) is 18.1 Å². The summed E-state index contributed by atoms with van der Waals surface area (Å²) in [6.45, 7) is 3.21. The zero-order valence-electron chi connectivity index (χ0n) is 6.80. The molecule has 1 N–H and O–H groups in total. The van der Waals surface area contributed by atoms with Crippen molar-refractivity contribution in [3.05, 3.63) is 32.6 Å². The van der Waals surface area contributed by atoms with Gasteiger partial charge in [0.05, 0.1) is 0 Å². The molecule has 0 bridgehead atoms. The van der Waals surface area contributed by atoms with Gasteiger partial charge in [-0.2, -0.15) is 0 Å². The molecular weight excluding hydrogens is 180 g/mol. The number of halogens is 1. The zero-order valence-corrected chi connectivity index (χ0v) is 7.55. The van der Waals surface area contributed by atoms with Gasteiger partial charge in [-0.05, 0) is 13.8 Å². The van der Waals surface area contributed by atoms with Gasteiger partial charge in [-0.3, -0.25) is 4.79 Å². The number of hydrogen-bond acceptors (Lipinski definition) is 2. The summed E-state index contributed by atoms with van der Waals surface area (Å²) in [5.74, 6) is 0. The molecule has 0 aromatic carbocycles. The van der Waals surface area contributed by atoms with Gasteiger partial charge in [0.15, 0.2) is 0 Å². The molecule has 0 radical (unpaired) electrons. The lowest BCUT2D eigenvalue weighted by Gasteiger charge is -2.05. The van der Waals surface area contributed by atoms with E-state index in [0.717, 1.165) is 4.57 Å². The Hall–Kier alpha value is -1.03. The van der Waals surface area contributed by atoms with Crippen LogP contribution in [0.15, 0.2) is 15.7 Å². The second kappa shape index (κ2) is 3.15. The van der Waals surface area contributed by atoms with Gasteiger partial charge in [-0.1, -0.05) is 11.6 Å². The Balaban J connectivity index is 3.50. The first-order valence-corrected chi connectivity index (χ1v) is 3.92. The molecule has 1 aromatic rings. The fourth-order valence-electron chi connectivity index (χ4n) is 0.957. The highest BCUT2D eigenvalue weighted by Crippen LogP contribution is 2.02. The molecule has 0 aliphatic rings. The summed E-state index contributed by atoms with van der Waals surface area (Å²) in [6, 6.07) is 1.33. The molecule has 1 heterocycles. The molecule has 1 atom stereocenters. The first-order valence-electron chi connectivity index (χ1n) is 3.49. The standard InChI is InChI=1S/C7H9ClN2O2/c1-4-3-6(11)10(5(2)8)7(12)9-4/h3,5H,1-2H3,(H,9,12). The molecular formula is C7H9ClN2O2. The second-order valence-corrected chi connectivity index (χ2v) is 3.17. The molecule has 5 heteroatoms. The van der Waals surface area contributed by atoms with Crippen LogP contribution in [0.3, 0.4) is 0 Å². The van der Waals surface area contributed by atoms with Crippen LogP contribution in [0.2, 0.25) is 0 Å². The molecule has 0 fully saturated rings. The van der Waals surface area contributed by atoms with E-state index in [1.165, 1.54) is 6.07 Å². The molecule has 1 rings (SSSR count). The summed E-state index contributed by atoms with van der Waals surface area (Å²) in [5, 5.41) is 0. The normalized spacial score (nSPS) is 12.9. The third-order valence-electron chi connectivity index (χ3n) is 1.46. The van der Waals surface area contributed by atoms with Gasteiger partial charge in [-0.15, -0.1) is 0 Å². The highest BCUT2D eigenvalue weighted by Gasteiger charge is 2.06. The van der Waals surface area contributed by atoms with Crippen molar-refractivity contribution in [1.29, 1.82) is 0 Å². The van der Waals surface area contributed by atoms with Crippen LogP contribution in [0.4, 0.5) is 0 Å². The largest absolute Gasteiger partial charge is 0.329 e. The summed E-state index contributed by atoms with van der Waals surface area (Å²) in [4.78, 5) is 24.8. The lowest BCUT2D eigenvalue weighted by Crippen LogP contribution is -2.35. The van der Waals surface area contributed by atoms with Crippen molar-refractivity contribution in [2.75, 3.05) is 0 Å². The number of rotatable bonds is 1. The Morgan fingerprint density at radius 1 is 1.58 bits per heavy atom. The quantitative estimate of drug-likeness (QED) is 0.657. The number of aryl methyl sites for hydroxylation is 1. The third-order valence-corrected chi connectivity index (χ3v) is 1.65. The molecule has 0 aliphatic heterocycles. The monoisotopic (exact) mass is 188 g/mol. The van der Waals surface area contributed by atoms with E-state index in [9.17, 15) is 9.59 Å². The number of H-pyrrole nitrogens is 1. The number of nitrogens with one attached hydrogen (secondary N) is 1. The van der Waals surface area contributed by atoms with Gasteiger partial charge in [0.25, 0.3) is 5.56 Å². The summed E-state index contributed by atoms with van der Waals surface area (Å²) in [6.07, 6.45) is 0. The third kappa shape index (κ3) is 1.58. The SMILES string of the molecule is Cc1cc(=O)n(C(C)Cl)c(=O)[nH]1. The van der Waals surface area contributed by atoms with Crippen molar-refractivity contribution < 1.29 is 0 Å². The van der Waals surface area contributed by atoms with E-state index in [-0.39, 0.29) is 5.56 Å². The van der Waals surface area contributed by atoms with Crippen LogP contribution in [0.5, 0.6) is 0 Å². The first-order chi connectivity index (χ1) is 5.52. The molecule has 12 heavy (non-hydrogen) atoms. The Kier molecular flexibility index (Phi) is 2.38. The van der Waals surface area contributed by atoms with Crippen LogP contribution in [-0.2, 0) is 0 Å². The smallest absolute Gasteiger partial charge is 0.311 e. The highest BCUT2D eigenvalue weighted by molar-refractivity contribution is 6.18. The summed E-state index contributed by atoms with van der Waals surface area (Å²) >= 11 is 5.61. The highest BCUT2D eigenvalue weighted by atomic mass is 35.5. The molecule has 1 aromatic heterocycles. The van der Waals surface area contributed by atoms with E-state index < -0.39 is 11.2 Å². The van der Waals surface area contributed by atoms with Crippen molar-refractivity contribution in [2.24, 2.45) is 0 Å². The molecule has 66 valence electrons. The average Bonchev–Trinajstić information content (AvgIpc) is 1.82. The number of hydrogen-bond donors (Lipinski definition) is 1. The van der Waals surface area contributed by atoms with E-state index in [4.69, 9.17) is 11.6 Å². The molecule has 4 nitrogen and oxygen atoms in total. The van der Waals surface area contributed by atoms with E-state index in [1.54, 1.807) is 13.8 Å². The molecule has 0 saturated heterocycles. The summed E-state index contributed by atoms with van der Waals surface area (Å²) < 4.78 is 0.953. The number of alkyl halides is 1. The van der Waals surface area contributed by atoms with E-state index >= 15 is 0 Å². The van der Waals surface area contributed by atoms with Gasteiger partial charge in [0.1, 0.15) is 5.50 Å². The lowest BCUT2D eigenvalue weighted by atomic mass is 10.4. The van der Waals surface area contributed by atoms with Crippen molar-refractivity contribution in [2.45, 2.75) is 19.3 Å². The van der Waals surface area contributed by atoms with Crippen LogP contribution >= 0.6 is 11.6 Å². The molecule has 0 saturated carbocycles. The fraction of sp³-hybridized carbons (Fsp3) is 0.429. The van der Waals surface area contributed by atoms with Crippen LogP contribution in [-0.4, -0.2) is 9.55 Å². The average molecular weight is 189 g/mol. The van der Waals surface area contributed by atoms with Crippen molar-refractivity contribution in [3.63, 3.8) is 0 Å². The molecule has 0 amide bonds. The number of nitrogens with zero attached hydrogens (tertiary/aromatic N) is 1. The van der Waals surface area contributed by atoms with Gasteiger partial charge in [0, 0.05) is 11.8 Å². The Labute approximate surface area is 73.8 Å². The second-order valence-electron chi connectivity index (χ2n) is 2.54. The number of aromatic nitrogens is 2. The van der Waals surface area contributed by atoms with Gasteiger partial charge < -0.3 is 4.98 Å². The summed E-state index contributed by atoms with van der Waals surface area (Å²) in [7, 11) is 0. The van der Waals surface area contributed by atoms with Crippen molar-refractivity contribution in [3.8, 4) is 0 Å². The Bertz CT molecular complexity index is 360. The summed E-state index contributed by atoms with van der Waals surface area (Å²) in [5.41, 5.74) is -0.929. The maximum absolute atomic E-state index is 11.2. The van der Waals surface area contributed by atoms with Gasteiger partial charge >= 0.3 is 5.69 Å². The zero-order chi connectivity index (χ0) is 9.30. The molecule has 0 aliphatic carbocycles. The fourth-order valence-corrected chi connectivity index (χ4v) is 1.14. The topological polar surface area (TPSA) is 54.9 Å². The maximum Gasteiger partial charge on any atom is 0.329 e. The van der Waals surface area contributed by atoms with Crippen LogP contribution in [0, 0.1) is 6.92 Å². The van der Waals surface area contributed by atoms with E-state index in [2.05, 4.69) is 4.98 Å². The number of aromatic amines is 1. The predicted molar refractivity (Wildman–Crippen MR) is 46.6 cm³/mol. The maximum atomic E-state index is 11.2. The van der Waals surface area contributed by atoms with Gasteiger partial charge in [0.2, 0.25) is 0 Å². The van der Waals surface area contributed by atoms with Gasteiger partial charge in [-0.25, -0.2) is 9.36 Å². The van der Waals surface area contributed by atoms with Crippen molar-refractivity contribution >= 4 is 11.6 Å². The minimum Gasteiger partial charge on any atom is -0.311 e. The lowest BCUT2D eigenvalue weighted by molar-refractivity contribution is 0.642. The minimum absolute atomic E-state index is 0.376. The van der Waals surface area contributed by atoms with Crippen molar-refractivity contribution in [1.82, 2.24) is 9.55 Å². The Morgan fingerprint density at radius 3 is 2.58 bits per heavy atom. The minimum atomic E-state index is -0.623. The van der Waals surface area contributed by atoms with Crippen LogP contribution < -0.4 is 11.2 Å².